The first-order valence-electron chi connectivity index (χ1n) is 15.8. The summed E-state index contributed by atoms with van der Waals surface area (Å²) in [5.41, 5.74) is -2.93. The van der Waals surface area contributed by atoms with Gasteiger partial charge >= 0.3 is 5.97 Å². The van der Waals surface area contributed by atoms with Crippen molar-refractivity contribution in [1.82, 2.24) is 4.90 Å². The molecule has 12 heteroatoms. The van der Waals surface area contributed by atoms with E-state index in [0.29, 0.717) is 6.42 Å². The number of carbonyl (C=O) groups is 1. The van der Waals surface area contributed by atoms with Gasteiger partial charge in [0.25, 0.3) is 0 Å². The summed E-state index contributed by atoms with van der Waals surface area (Å²) in [6.07, 6.45) is -4.69. The van der Waals surface area contributed by atoms with Crippen molar-refractivity contribution < 1.29 is 49.4 Å². The lowest BCUT2D eigenvalue weighted by Crippen LogP contribution is -2.60. The highest BCUT2D eigenvalue weighted by molar-refractivity contribution is 5.88. The van der Waals surface area contributed by atoms with E-state index in [-0.39, 0.29) is 37.3 Å². The van der Waals surface area contributed by atoms with E-state index in [4.69, 9.17) is 18.9 Å². The molecule has 0 bridgehead atoms. The fourth-order valence-corrected chi connectivity index (χ4v) is 6.98. The smallest absolute Gasteiger partial charge is 0.311 e. The van der Waals surface area contributed by atoms with Crippen LogP contribution in [-0.4, -0.2) is 123 Å². The van der Waals surface area contributed by atoms with Crippen molar-refractivity contribution in [3.63, 3.8) is 0 Å². The predicted molar refractivity (Wildman–Crippen MR) is 165 cm³/mol. The summed E-state index contributed by atoms with van der Waals surface area (Å²) in [6.45, 7) is 17.4. The van der Waals surface area contributed by atoms with E-state index in [9.17, 15) is 30.4 Å². The first-order valence-corrected chi connectivity index (χ1v) is 15.8. The van der Waals surface area contributed by atoms with Crippen LogP contribution in [0.4, 0.5) is 0 Å². The van der Waals surface area contributed by atoms with E-state index < -0.39 is 77.7 Å². The van der Waals surface area contributed by atoms with Crippen LogP contribution in [0.5, 0.6) is 0 Å². The van der Waals surface area contributed by atoms with Gasteiger partial charge in [0.1, 0.15) is 17.8 Å². The fourth-order valence-electron chi connectivity index (χ4n) is 6.98. The first-order chi connectivity index (χ1) is 20.4. The van der Waals surface area contributed by atoms with Gasteiger partial charge < -0.3 is 49.5 Å². The van der Waals surface area contributed by atoms with Crippen LogP contribution in [0.2, 0.25) is 0 Å². The van der Waals surface area contributed by atoms with Crippen molar-refractivity contribution in [2.24, 2.45) is 28.8 Å². The maximum atomic E-state index is 13.4. The molecular weight excluding hydrogens is 572 g/mol. The Kier molecular flexibility index (Phi) is 13.8. The fraction of sp³-hybridized carbons (Fsp3) is 0.875. The Morgan fingerprint density at radius 1 is 1.09 bits per heavy atom. The zero-order valence-corrected chi connectivity index (χ0v) is 28.2. The normalized spacial score (nSPS) is 46.0. The summed E-state index contributed by atoms with van der Waals surface area (Å²) in [5.74, 6) is -3.97. The summed E-state index contributed by atoms with van der Waals surface area (Å²) in [5, 5.41) is 59.5. The molecule has 2 saturated heterocycles. The number of aliphatic hydroxyl groups excluding tert-OH is 3. The number of carbonyl (C=O) groups excluding carboxylic acids is 1. The van der Waals surface area contributed by atoms with Crippen LogP contribution in [-0.2, 0) is 23.7 Å². The van der Waals surface area contributed by atoms with Gasteiger partial charge in [-0.15, -0.1) is 6.58 Å². The Morgan fingerprint density at radius 2 is 1.70 bits per heavy atom. The molecular formula is C32H58N2O10. The lowest BCUT2D eigenvalue weighted by atomic mass is 9.73. The van der Waals surface area contributed by atoms with Gasteiger partial charge in [0, 0.05) is 23.8 Å². The number of nitrogens with zero attached hydrogens (tertiary/aromatic N) is 2. The molecule has 2 fully saturated rings. The minimum atomic E-state index is -1.90. The molecule has 2 aliphatic heterocycles. The van der Waals surface area contributed by atoms with Gasteiger partial charge in [0.05, 0.1) is 48.3 Å². The highest BCUT2D eigenvalue weighted by atomic mass is 16.7. The minimum Gasteiger partial charge on any atom is -0.459 e. The van der Waals surface area contributed by atoms with Gasteiger partial charge in [-0.3, -0.25) is 4.79 Å². The van der Waals surface area contributed by atoms with Crippen LogP contribution in [0.15, 0.2) is 17.8 Å². The summed E-state index contributed by atoms with van der Waals surface area (Å²) in [7, 11) is 3.74. The lowest BCUT2D eigenvalue weighted by Gasteiger charge is -2.48. The highest BCUT2D eigenvalue weighted by Crippen LogP contribution is 2.39. The zero-order valence-electron chi connectivity index (χ0n) is 28.2. The summed E-state index contributed by atoms with van der Waals surface area (Å²) in [4.78, 5) is 15.3. The van der Waals surface area contributed by atoms with Gasteiger partial charge in [0.15, 0.2) is 6.29 Å². The Labute approximate surface area is 263 Å². The Balaban J connectivity index is 2.72. The molecule has 2 heterocycles. The average molecular weight is 631 g/mol. The van der Waals surface area contributed by atoms with Crippen molar-refractivity contribution in [2.75, 3.05) is 20.7 Å². The minimum absolute atomic E-state index is 0.102. The molecule has 0 aliphatic carbocycles. The molecule has 44 heavy (non-hydrogen) atoms. The van der Waals surface area contributed by atoms with E-state index in [0.717, 1.165) is 0 Å². The van der Waals surface area contributed by atoms with Gasteiger partial charge in [-0.05, 0) is 61.1 Å². The monoisotopic (exact) mass is 630 g/mol. The third-order valence-electron chi connectivity index (χ3n) is 9.74. The number of rotatable bonds is 7. The number of hydrogen-bond donors (Lipinski definition) is 5. The number of hydrogen-bond acceptors (Lipinski definition) is 12. The number of likely N-dealkylation sites (N-methyl/N-ethyl adjacent to an activating group) is 1. The predicted octanol–water partition coefficient (Wildman–Crippen LogP) is 2.33. The highest BCUT2D eigenvalue weighted by Gasteiger charge is 2.51. The van der Waals surface area contributed by atoms with Crippen molar-refractivity contribution in [1.29, 1.82) is 0 Å². The summed E-state index contributed by atoms with van der Waals surface area (Å²) < 4.78 is 24.8. The molecule has 0 aromatic rings. The lowest BCUT2D eigenvalue weighted by molar-refractivity contribution is -0.302. The van der Waals surface area contributed by atoms with Crippen LogP contribution in [0.25, 0.3) is 0 Å². The van der Waals surface area contributed by atoms with Crippen LogP contribution in [0.3, 0.4) is 0 Å². The summed E-state index contributed by atoms with van der Waals surface area (Å²) >= 11 is 0. The molecule has 0 amide bonds. The maximum Gasteiger partial charge on any atom is 0.311 e. The standard InChI is InChI=1S/C32H58N2O10/c1-12-14-41-31(8)16-17(3)24(33-40)19(5)27(37)32(9,39)23(13-2)43-29(38)21(7)25(35)20(6)28(31)44-30-26(36)22(34(10)11)15-18(4)42-30/h12,17-23,25-28,30,35-37,39-40H,1,13-16H2,2-11H3/b33-24+/t17-,18-,19+,20+,21-,22+,23-,25+,26-,27-,28-,30+,31-,32-/m1/s1. The number of aliphatic hydroxyl groups is 4. The molecule has 0 aromatic heterocycles. The van der Waals surface area contributed by atoms with Crippen molar-refractivity contribution in [2.45, 2.75) is 135 Å². The van der Waals surface area contributed by atoms with Crippen molar-refractivity contribution >= 4 is 11.7 Å². The van der Waals surface area contributed by atoms with Gasteiger partial charge in [0.2, 0.25) is 0 Å². The van der Waals surface area contributed by atoms with Crippen LogP contribution < -0.4 is 0 Å². The van der Waals surface area contributed by atoms with Gasteiger partial charge in [-0.1, -0.05) is 38.9 Å². The Bertz CT molecular complexity index is 977. The third-order valence-corrected chi connectivity index (χ3v) is 9.74. The molecule has 12 nitrogen and oxygen atoms in total. The quantitative estimate of drug-likeness (QED) is 0.121. The molecule has 0 unspecified atom stereocenters. The zero-order chi connectivity index (χ0) is 33.7. The summed E-state index contributed by atoms with van der Waals surface area (Å²) in [6, 6.07) is -0.259. The Hall–Kier alpha value is -1.64. The molecule has 2 rings (SSSR count). The second kappa shape index (κ2) is 15.8. The maximum absolute atomic E-state index is 13.4. The SMILES string of the molecule is C=CCO[C@]1(C)C[C@@H](C)/C(=N\O)[C@H](C)[C@@H](O)[C@](C)(O)[C@@H](CC)OC(=O)[C@H](C)[C@@H](O)[C@H](C)[C@H]1O[C@@H]1O[C@H](C)C[C@H](N(C)C)[C@H]1O. The number of esters is 1. The number of oxime groups is 1. The molecule has 5 N–H and O–H groups in total. The van der Waals surface area contributed by atoms with Crippen molar-refractivity contribution in [3.8, 4) is 0 Å². The van der Waals surface area contributed by atoms with E-state index in [1.54, 1.807) is 33.8 Å². The molecule has 2 aliphatic rings. The Morgan fingerprint density at radius 3 is 2.23 bits per heavy atom. The van der Waals surface area contributed by atoms with Crippen molar-refractivity contribution in [3.05, 3.63) is 12.7 Å². The van der Waals surface area contributed by atoms with E-state index >= 15 is 0 Å². The first kappa shape index (κ1) is 38.5. The van der Waals surface area contributed by atoms with E-state index in [1.807, 2.05) is 32.8 Å². The molecule has 256 valence electrons. The van der Waals surface area contributed by atoms with Gasteiger partial charge in [-0.2, -0.15) is 0 Å². The average Bonchev–Trinajstić information content (AvgIpc) is 2.96. The largest absolute Gasteiger partial charge is 0.459 e. The molecule has 0 aromatic carbocycles. The van der Waals surface area contributed by atoms with Gasteiger partial charge in [-0.25, -0.2) is 0 Å². The van der Waals surface area contributed by atoms with E-state index in [1.165, 1.54) is 13.8 Å². The van der Waals surface area contributed by atoms with Crippen LogP contribution >= 0.6 is 0 Å². The molecule has 0 radical (unpaired) electrons. The van der Waals surface area contributed by atoms with E-state index in [2.05, 4.69) is 11.7 Å². The third kappa shape index (κ3) is 8.38. The van der Waals surface area contributed by atoms with Crippen LogP contribution in [0, 0.1) is 23.7 Å². The second-order valence-corrected chi connectivity index (χ2v) is 13.6. The molecule has 14 atom stereocenters. The number of cyclic esters (lactones) is 1. The van der Waals surface area contributed by atoms with Crippen LogP contribution in [0.1, 0.15) is 74.7 Å². The molecule has 0 spiro atoms. The second-order valence-electron chi connectivity index (χ2n) is 13.6. The topological polar surface area (TPSA) is 171 Å². The number of ether oxygens (including phenoxy) is 4. The molecule has 0 saturated carbocycles.